The summed E-state index contributed by atoms with van der Waals surface area (Å²) in [5.74, 6) is 0.665. The van der Waals surface area contributed by atoms with E-state index >= 15 is 0 Å². The van der Waals surface area contributed by atoms with Crippen molar-refractivity contribution in [2.75, 3.05) is 13.2 Å². The van der Waals surface area contributed by atoms with Crippen molar-refractivity contribution in [2.24, 2.45) is 5.92 Å². The van der Waals surface area contributed by atoms with Crippen molar-refractivity contribution in [3.05, 3.63) is 47.5 Å². The number of benzene rings is 1. The Hall–Kier alpha value is -1.12. The lowest BCUT2D eigenvalue weighted by Gasteiger charge is -2.10. The summed E-state index contributed by atoms with van der Waals surface area (Å²) in [5.41, 5.74) is 2.30. The van der Waals surface area contributed by atoms with Gasteiger partial charge < -0.3 is 9.84 Å². The molecule has 0 aliphatic carbocycles. The van der Waals surface area contributed by atoms with Crippen molar-refractivity contribution in [1.29, 1.82) is 0 Å². The number of hydrogen-bond acceptors (Lipinski definition) is 2. The number of hydrogen-bond donors (Lipinski definition) is 1. The average Bonchev–Trinajstić information content (AvgIpc) is 2.44. The largest absolute Gasteiger partial charge is 0.392 e. The van der Waals surface area contributed by atoms with Gasteiger partial charge in [-0.05, 0) is 37.7 Å². The molecule has 0 aromatic heterocycles. The van der Waals surface area contributed by atoms with Crippen LogP contribution in [0.5, 0.6) is 0 Å². The molecule has 1 aromatic rings. The van der Waals surface area contributed by atoms with Gasteiger partial charge in [0.05, 0.1) is 13.2 Å². The first-order valence-corrected chi connectivity index (χ1v) is 7.10. The minimum Gasteiger partial charge on any atom is -0.392 e. The Balaban J connectivity index is 2.06. The number of aliphatic hydroxyl groups is 1. The minimum absolute atomic E-state index is 0.175. The molecule has 0 bridgehead atoms. The maximum Gasteiger partial charge on any atom is 0.0716 e. The van der Waals surface area contributed by atoms with Crippen molar-refractivity contribution in [3.8, 4) is 0 Å². The van der Waals surface area contributed by atoms with E-state index < -0.39 is 0 Å². The van der Waals surface area contributed by atoms with Gasteiger partial charge in [-0.1, -0.05) is 48.9 Å². The zero-order chi connectivity index (χ0) is 13.9. The molecular weight excluding hydrogens is 236 g/mol. The molecule has 0 fully saturated rings. The zero-order valence-electron chi connectivity index (χ0n) is 12.1. The highest BCUT2D eigenvalue weighted by Crippen LogP contribution is 2.12. The molecule has 1 N–H and O–H groups in total. The Morgan fingerprint density at radius 2 is 2.00 bits per heavy atom. The molecule has 106 valence electrons. The molecule has 0 saturated carbocycles. The van der Waals surface area contributed by atoms with E-state index in [2.05, 4.69) is 25.1 Å². The van der Waals surface area contributed by atoms with E-state index in [0.29, 0.717) is 12.5 Å². The van der Waals surface area contributed by atoms with E-state index in [-0.39, 0.29) is 6.61 Å². The van der Waals surface area contributed by atoms with Crippen LogP contribution in [0.2, 0.25) is 0 Å². The molecule has 0 aliphatic rings. The van der Waals surface area contributed by atoms with E-state index in [1.54, 1.807) is 0 Å². The normalized spacial score (nSPS) is 13.5. The Kier molecular flexibility index (Phi) is 8.19. The lowest BCUT2D eigenvalue weighted by atomic mass is 10.0. The Morgan fingerprint density at radius 3 is 2.68 bits per heavy atom. The first kappa shape index (κ1) is 15.9. The van der Waals surface area contributed by atoms with E-state index in [4.69, 9.17) is 9.84 Å². The summed E-state index contributed by atoms with van der Waals surface area (Å²) < 4.78 is 5.68. The summed E-state index contributed by atoms with van der Waals surface area (Å²) >= 11 is 0. The maximum atomic E-state index is 8.89. The molecule has 0 amide bonds. The van der Waals surface area contributed by atoms with Crippen LogP contribution in [0.15, 0.2) is 42.0 Å². The van der Waals surface area contributed by atoms with Gasteiger partial charge >= 0.3 is 0 Å². The molecule has 0 radical (unpaired) electrons. The van der Waals surface area contributed by atoms with Crippen LogP contribution in [0.25, 0.3) is 0 Å². The monoisotopic (exact) mass is 262 g/mol. The number of aliphatic hydroxyl groups excluding tert-OH is 1. The third-order valence-electron chi connectivity index (χ3n) is 3.27. The van der Waals surface area contributed by atoms with Crippen LogP contribution in [-0.4, -0.2) is 18.3 Å². The summed E-state index contributed by atoms with van der Waals surface area (Å²) in [5, 5.41) is 8.89. The minimum atomic E-state index is 0.175. The highest BCUT2D eigenvalue weighted by Gasteiger charge is 2.01. The van der Waals surface area contributed by atoms with Crippen LogP contribution >= 0.6 is 0 Å². The predicted octanol–water partition coefficient (Wildman–Crippen LogP) is 3.95. The van der Waals surface area contributed by atoms with Gasteiger partial charge in [-0.3, -0.25) is 0 Å². The molecule has 0 spiro atoms. The van der Waals surface area contributed by atoms with Crippen LogP contribution < -0.4 is 0 Å². The molecule has 0 aliphatic heterocycles. The highest BCUT2D eigenvalue weighted by molar-refractivity contribution is 5.13. The van der Waals surface area contributed by atoms with Crippen LogP contribution in [0.1, 0.15) is 38.7 Å². The molecule has 1 aromatic carbocycles. The Labute approximate surface area is 117 Å². The molecule has 2 heteroatoms. The van der Waals surface area contributed by atoms with Crippen molar-refractivity contribution in [2.45, 2.75) is 39.7 Å². The lowest BCUT2D eigenvalue weighted by molar-refractivity contribution is 0.108. The summed E-state index contributed by atoms with van der Waals surface area (Å²) in [4.78, 5) is 0. The van der Waals surface area contributed by atoms with Crippen molar-refractivity contribution in [1.82, 2.24) is 0 Å². The third kappa shape index (κ3) is 7.81. The molecule has 0 unspecified atom stereocenters. The van der Waals surface area contributed by atoms with E-state index in [1.165, 1.54) is 5.56 Å². The quantitative estimate of drug-likeness (QED) is 0.539. The summed E-state index contributed by atoms with van der Waals surface area (Å²) in [6, 6.07) is 10.3. The standard InChI is InChI=1S/C17H26O2/c1-15(7-6-8-16(2)13-18)11-12-19-14-17-9-4-3-5-10-17/h3-5,8-10,15,18H,6-7,11-14H2,1-2H3/b16-8+/t15-/m1/s1. The number of allylic oxidation sites excluding steroid dienone is 1. The van der Waals surface area contributed by atoms with Gasteiger partial charge in [0, 0.05) is 6.61 Å². The second-order valence-electron chi connectivity index (χ2n) is 5.22. The topological polar surface area (TPSA) is 29.5 Å². The maximum absolute atomic E-state index is 8.89. The van der Waals surface area contributed by atoms with Gasteiger partial charge in [0.1, 0.15) is 0 Å². The van der Waals surface area contributed by atoms with E-state index in [1.807, 2.05) is 25.1 Å². The number of rotatable bonds is 9. The molecular formula is C17H26O2. The summed E-state index contributed by atoms with van der Waals surface area (Å²) in [6.45, 7) is 5.92. The first-order chi connectivity index (χ1) is 9.22. The Bertz CT molecular complexity index is 357. The fraction of sp³-hybridized carbons (Fsp3) is 0.529. The predicted molar refractivity (Wildman–Crippen MR) is 80.0 cm³/mol. The molecule has 0 heterocycles. The van der Waals surface area contributed by atoms with Crippen molar-refractivity contribution in [3.63, 3.8) is 0 Å². The van der Waals surface area contributed by atoms with E-state index in [0.717, 1.165) is 31.4 Å². The number of ether oxygens (including phenoxy) is 1. The van der Waals surface area contributed by atoms with E-state index in [9.17, 15) is 0 Å². The summed E-state index contributed by atoms with van der Waals surface area (Å²) in [7, 11) is 0. The van der Waals surface area contributed by atoms with Crippen molar-refractivity contribution >= 4 is 0 Å². The van der Waals surface area contributed by atoms with Crippen molar-refractivity contribution < 1.29 is 9.84 Å². The van der Waals surface area contributed by atoms with Gasteiger partial charge in [0.2, 0.25) is 0 Å². The molecule has 1 atom stereocenters. The fourth-order valence-electron chi connectivity index (χ4n) is 1.87. The highest BCUT2D eigenvalue weighted by atomic mass is 16.5. The molecule has 19 heavy (non-hydrogen) atoms. The Morgan fingerprint density at radius 1 is 1.26 bits per heavy atom. The van der Waals surface area contributed by atoms with Crippen LogP contribution in [0, 0.1) is 5.92 Å². The van der Waals surface area contributed by atoms with Crippen LogP contribution in [0.3, 0.4) is 0 Å². The van der Waals surface area contributed by atoms with Gasteiger partial charge in [-0.15, -0.1) is 0 Å². The molecule has 0 saturated heterocycles. The van der Waals surface area contributed by atoms with Gasteiger partial charge in [-0.2, -0.15) is 0 Å². The third-order valence-corrected chi connectivity index (χ3v) is 3.27. The smallest absolute Gasteiger partial charge is 0.0716 e. The second-order valence-corrected chi connectivity index (χ2v) is 5.22. The van der Waals surface area contributed by atoms with Gasteiger partial charge in [0.15, 0.2) is 0 Å². The lowest BCUT2D eigenvalue weighted by Crippen LogP contribution is -2.02. The fourth-order valence-corrected chi connectivity index (χ4v) is 1.87. The van der Waals surface area contributed by atoms with Gasteiger partial charge in [-0.25, -0.2) is 0 Å². The zero-order valence-corrected chi connectivity index (χ0v) is 12.1. The second kappa shape index (κ2) is 9.76. The molecule has 2 nitrogen and oxygen atoms in total. The first-order valence-electron chi connectivity index (χ1n) is 7.10. The molecule has 1 rings (SSSR count). The van der Waals surface area contributed by atoms with Crippen LogP contribution in [0.4, 0.5) is 0 Å². The SMILES string of the molecule is C/C(=C\CC[C@@H](C)CCOCc1ccccc1)CO. The van der Waals surface area contributed by atoms with Crippen LogP contribution in [-0.2, 0) is 11.3 Å². The summed E-state index contributed by atoms with van der Waals surface area (Å²) in [6.07, 6.45) is 5.43. The van der Waals surface area contributed by atoms with Gasteiger partial charge in [0.25, 0.3) is 0 Å². The average molecular weight is 262 g/mol.